The molecule has 1 aromatic heterocycles. The van der Waals surface area contributed by atoms with Crippen molar-refractivity contribution in [2.24, 2.45) is 11.3 Å². The van der Waals surface area contributed by atoms with Crippen LogP contribution < -0.4 is 10.6 Å². The number of rotatable bonds is 4. The number of nitrogens with zero attached hydrogens (tertiary/aromatic N) is 1. The molecule has 1 fully saturated rings. The Bertz CT molecular complexity index is 469. The summed E-state index contributed by atoms with van der Waals surface area (Å²) in [6, 6.07) is 0.211. The fourth-order valence-electron chi connectivity index (χ4n) is 2.86. The van der Waals surface area contributed by atoms with E-state index in [2.05, 4.69) is 36.4 Å². The van der Waals surface area contributed by atoms with E-state index in [1.54, 1.807) is 0 Å². The zero-order valence-corrected chi connectivity index (χ0v) is 13.6. The number of carbonyl (C=O) groups excluding carboxylic acids is 1. The lowest BCUT2D eigenvalue weighted by Crippen LogP contribution is -2.37. The van der Waals surface area contributed by atoms with Crippen molar-refractivity contribution >= 4 is 22.4 Å². The SMILES string of the molecule is CNC(C)c1csc(NC(=O)C2CCCCC2(C)C)n1. The van der Waals surface area contributed by atoms with Crippen LogP contribution in [0, 0.1) is 11.3 Å². The summed E-state index contributed by atoms with van der Waals surface area (Å²) in [5.41, 5.74) is 1.08. The van der Waals surface area contributed by atoms with Gasteiger partial charge in [-0.2, -0.15) is 0 Å². The highest BCUT2D eigenvalue weighted by Gasteiger charge is 2.37. The van der Waals surface area contributed by atoms with Crippen LogP contribution in [0.4, 0.5) is 5.13 Å². The van der Waals surface area contributed by atoms with Crippen LogP contribution in [0.1, 0.15) is 58.2 Å². The summed E-state index contributed by atoms with van der Waals surface area (Å²) in [7, 11) is 1.91. The van der Waals surface area contributed by atoms with Crippen molar-refractivity contribution in [2.45, 2.75) is 52.5 Å². The number of anilines is 1. The predicted molar refractivity (Wildman–Crippen MR) is 84.0 cm³/mol. The van der Waals surface area contributed by atoms with Crippen LogP contribution in [0.25, 0.3) is 0 Å². The highest BCUT2D eigenvalue weighted by Crippen LogP contribution is 2.41. The number of nitrogens with one attached hydrogen (secondary N) is 2. The molecule has 1 aliphatic rings. The standard InChI is InChI=1S/C15H25N3OS/c1-10(16-4)12-9-20-14(17-12)18-13(19)11-7-5-6-8-15(11,2)3/h9-11,16H,5-8H2,1-4H3,(H,17,18,19). The number of hydrogen-bond acceptors (Lipinski definition) is 4. The minimum absolute atomic E-state index is 0.0979. The molecule has 1 aromatic rings. The fourth-order valence-corrected chi connectivity index (χ4v) is 3.67. The van der Waals surface area contributed by atoms with Crippen LogP contribution in [0.3, 0.4) is 0 Å². The molecular formula is C15H25N3OS. The molecule has 0 radical (unpaired) electrons. The number of amides is 1. The van der Waals surface area contributed by atoms with E-state index in [0.29, 0.717) is 5.13 Å². The van der Waals surface area contributed by atoms with Gasteiger partial charge in [0.2, 0.25) is 5.91 Å². The Morgan fingerprint density at radius 1 is 1.50 bits per heavy atom. The van der Waals surface area contributed by atoms with E-state index < -0.39 is 0 Å². The van der Waals surface area contributed by atoms with E-state index in [9.17, 15) is 4.79 Å². The summed E-state index contributed by atoms with van der Waals surface area (Å²) in [6.07, 6.45) is 4.51. The first-order valence-electron chi connectivity index (χ1n) is 7.37. The lowest BCUT2D eigenvalue weighted by molar-refractivity contribution is -0.124. The summed E-state index contributed by atoms with van der Waals surface area (Å²) in [5.74, 6) is 0.234. The summed E-state index contributed by atoms with van der Waals surface area (Å²) < 4.78 is 0. The first-order valence-corrected chi connectivity index (χ1v) is 8.25. The summed E-state index contributed by atoms with van der Waals surface area (Å²) in [6.45, 7) is 6.46. The largest absolute Gasteiger partial charge is 0.312 e. The molecule has 0 bridgehead atoms. The number of carbonyl (C=O) groups is 1. The summed E-state index contributed by atoms with van der Waals surface area (Å²) >= 11 is 1.50. The molecule has 4 nitrogen and oxygen atoms in total. The molecular weight excluding hydrogens is 270 g/mol. The monoisotopic (exact) mass is 295 g/mol. The molecule has 1 amide bonds. The zero-order chi connectivity index (χ0) is 14.8. The van der Waals surface area contributed by atoms with E-state index in [1.165, 1.54) is 17.8 Å². The molecule has 2 unspecified atom stereocenters. The molecule has 0 aromatic carbocycles. The van der Waals surface area contributed by atoms with Crippen molar-refractivity contribution in [3.8, 4) is 0 Å². The third-order valence-corrected chi connectivity index (χ3v) is 5.23. The van der Waals surface area contributed by atoms with Crippen molar-refractivity contribution in [2.75, 3.05) is 12.4 Å². The fraction of sp³-hybridized carbons (Fsp3) is 0.733. The van der Waals surface area contributed by atoms with Crippen LogP contribution >= 0.6 is 11.3 Å². The quantitative estimate of drug-likeness (QED) is 0.892. The normalized spacial score (nSPS) is 23.3. The van der Waals surface area contributed by atoms with E-state index in [0.717, 1.165) is 25.0 Å². The van der Waals surface area contributed by atoms with Gasteiger partial charge in [0.1, 0.15) is 0 Å². The first-order chi connectivity index (χ1) is 9.44. The molecule has 1 aliphatic carbocycles. The average molecular weight is 295 g/mol. The van der Waals surface area contributed by atoms with Crippen LogP contribution in [0.15, 0.2) is 5.38 Å². The van der Waals surface area contributed by atoms with Gasteiger partial charge in [-0.3, -0.25) is 4.79 Å². The lowest BCUT2D eigenvalue weighted by atomic mass is 9.68. The van der Waals surface area contributed by atoms with Gasteiger partial charge in [0.15, 0.2) is 5.13 Å². The molecule has 2 rings (SSSR count). The Hall–Kier alpha value is -0.940. The topological polar surface area (TPSA) is 54.0 Å². The molecule has 0 aliphatic heterocycles. The van der Waals surface area contributed by atoms with Crippen molar-refractivity contribution in [3.05, 3.63) is 11.1 Å². The second-order valence-electron chi connectivity index (χ2n) is 6.36. The van der Waals surface area contributed by atoms with Gasteiger partial charge >= 0.3 is 0 Å². The van der Waals surface area contributed by atoms with Crippen molar-refractivity contribution in [3.63, 3.8) is 0 Å². The minimum Gasteiger partial charge on any atom is -0.312 e. The minimum atomic E-state index is 0.0979. The number of hydrogen-bond donors (Lipinski definition) is 2. The molecule has 2 atom stereocenters. The molecule has 1 saturated carbocycles. The second kappa shape index (κ2) is 6.22. The third kappa shape index (κ3) is 3.38. The van der Waals surface area contributed by atoms with Gasteiger partial charge in [-0.15, -0.1) is 11.3 Å². The van der Waals surface area contributed by atoms with Crippen molar-refractivity contribution in [1.82, 2.24) is 10.3 Å². The van der Waals surface area contributed by atoms with Crippen molar-refractivity contribution < 1.29 is 4.79 Å². The van der Waals surface area contributed by atoms with Crippen LogP contribution in [0.2, 0.25) is 0 Å². The first kappa shape index (κ1) is 15.4. The van der Waals surface area contributed by atoms with E-state index in [4.69, 9.17) is 0 Å². The Morgan fingerprint density at radius 2 is 2.25 bits per heavy atom. The van der Waals surface area contributed by atoms with Crippen LogP contribution in [0.5, 0.6) is 0 Å². The van der Waals surface area contributed by atoms with E-state index >= 15 is 0 Å². The second-order valence-corrected chi connectivity index (χ2v) is 7.22. The van der Waals surface area contributed by atoms with Gasteiger partial charge in [-0.25, -0.2) is 4.98 Å². The maximum Gasteiger partial charge on any atom is 0.229 e. The maximum atomic E-state index is 12.5. The molecule has 1 heterocycles. The maximum absolute atomic E-state index is 12.5. The lowest BCUT2D eigenvalue weighted by Gasteiger charge is -2.37. The molecule has 20 heavy (non-hydrogen) atoms. The Kier molecular flexibility index (Phi) is 4.81. The predicted octanol–water partition coefficient (Wildman–Crippen LogP) is 3.58. The highest BCUT2D eigenvalue weighted by atomic mass is 32.1. The number of thiazole rings is 1. The van der Waals surface area contributed by atoms with Gasteiger partial charge in [0.05, 0.1) is 5.69 Å². The summed E-state index contributed by atoms with van der Waals surface area (Å²) in [4.78, 5) is 17.0. The Morgan fingerprint density at radius 3 is 2.90 bits per heavy atom. The molecule has 5 heteroatoms. The third-order valence-electron chi connectivity index (χ3n) is 4.45. The van der Waals surface area contributed by atoms with Gasteiger partial charge in [0.25, 0.3) is 0 Å². The van der Waals surface area contributed by atoms with Gasteiger partial charge in [0, 0.05) is 17.3 Å². The highest BCUT2D eigenvalue weighted by molar-refractivity contribution is 7.13. The van der Waals surface area contributed by atoms with Crippen molar-refractivity contribution in [1.29, 1.82) is 0 Å². The zero-order valence-electron chi connectivity index (χ0n) is 12.8. The van der Waals surface area contributed by atoms with Crippen LogP contribution in [-0.2, 0) is 4.79 Å². The van der Waals surface area contributed by atoms with Gasteiger partial charge in [-0.05, 0) is 32.2 Å². The Balaban J connectivity index is 2.02. The van der Waals surface area contributed by atoms with E-state index in [-0.39, 0.29) is 23.3 Å². The van der Waals surface area contributed by atoms with Crippen LogP contribution in [-0.4, -0.2) is 17.9 Å². The molecule has 0 spiro atoms. The van der Waals surface area contributed by atoms with Gasteiger partial charge in [-0.1, -0.05) is 26.7 Å². The molecule has 112 valence electrons. The summed E-state index contributed by atoms with van der Waals surface area (Å²) in [5, 5.41) is 8.88. The molecule has 0 saturated heterocycles. The number of aromatic nitrogens is 1. The molecule has 2 N–H and O–H groups in total. The Labute approximate surface area is 125 Å². The van der Waals surface area contributed by atoms with E-state index in [1.807, 2.05) is 12.4 Å². The average Bonchev–Trinajstić information content (AvgIpc) is 2.85. The van der Waals surface area contributed by atoms with Gasteiger partial charge < -0.3 is 10.6 Å². The smallest absolute Gasteiger partial charge is 0.229 e.